The van der Waals surface area contributed by atoms with Gasteiger partial charge in [0.1, 0.15) is 0 Å². The highest BCUT2D eigenvalue weighted by molar-refractivity contribution is 5.29. The molecule has 0 bridgehead atoms. The van der Waals surface area contributed by atoms with Gasteiger partial charge in [-0.1, -0.05) is 13.3 Å². The van der Waals surface area contributed by atoms with E-state index in [2.05, 4.69) is 16.9 Å². The normalized spacial score (nSPS) is 12.2. The Morgan fingerprint density at radius 3 is 2.93 bits per heavy atom. The van der Waals surface area contributed by atoms with Crippen LogP contribution in [-0.4, -0.2) is 23.2 Å². The third-order valence-electron chi connectivity index (χ3n) is 1.99. The standard InChI is InChI=1S/C10H16N2O3/c1-4-5-7(2)15-10-8(14-3)9(13)11-6-12-10/h6-7H,4-5H2,1-3H3,(H,11,12,13). The molecule has 1 N–H and O–H groups in total. The highest BCUT2D eigenvalue weighted by Gasteiger charge is 2.12. The Kier molecular flexibility index (Phi) is 4.15. The maximum absolute atomic E-state index is 11.3. The van der Waals surface area contributed by atoms with Crippen molar-refractivity contribution in [2.24, 2.45) is 0 Å². The zero-order chi connectivity index (χ0) is 11.3. The van der Waals surface area contributed by atoms with Crippen LogP contribution in [0.3, 0.4) is 0 Å². The topological polar surface area (TPSA) is 64.2 Å². The number of methoxy groups -OCH3 is 1. The lowest BCUT2D eigenvalue weighted by atomic mass is 10.2. The summed E-state index contributed by atoms with van der Waals surface area (Å²) in [5.41, 5.74) is -0.328. The van der Waals surface area contributed by atoms with Gasteiger partial charge in [-0.05, 0) is 13.3 Å². The van der Waals surface area contributed by atoms with E-state index < -0.39 is 0 Å². The molecule has 0 aliphatic heterocycles. The lowest BCUT2D eigenvalue weighted by Crippen LogP contribution is -2.17. The maximum atomic E-state index is 11.3. The van der Waals surface area contributed by atoms with Crippen LogP contribution in [0, 0.1) is 0 Å². The predicted octanol–water partition coefficient (Wildman–Crippen LogP) is 1.35. The summed E-state index contributed by atoms with van der Waals surface area (Å²) >= 11 is 0. The van der Waals surface area contributed by atoms with Gasteiger partial charge in [0.05, 0.1) is 19.5 Å². The first kappa shape index (κ1) is 11.6. The van der Waals surface area contributed by atoms with Crippen molar-refractivity contribution in [1.29, 1.82) is 0 Å². The van der Waals surface area contributed by atoms with E-state index in [1.54, 1.807) is 0 Å². The molecule has 1 unspecified atom stereocenters. The van der Waals surface area contributed by atoms with Crippen LogP contribution in [0.25, 0.3) is 0 Å². The SMILES string of the molecule is CCCC(C)Oc1nc[nH]c(=O)c1OC. The fraction of sp³-hybridized carbons (Fsp3) is 0.600. The Morgan fingerprint density at radius 1 is 1.60 bits per heavy atom. The van der Waals surface area contributed by atoms with E-state index in [0.29, 0.717) is 0 Å². The molecule has 0 saturated carbocycles. The number of nitrogens with zero attached hydrogens (tertiary/aromatic N) is 1. The van der Waals surface area contributed by atoms with Gasteiger partial charge in [0.15, 0.2) is 0 Å². The van der Waals surface area contributed by atoms with Crippen molar-refractivity contribution in [2.75, 3.05) is 7.11 Å². The summed E-state index contributed by atoms with van der Waals surface area (Å²) in [6.07, 6.45) is 3.27. The third kappa shape index (κ3) is 2.97. The summed E-state index contributed by atoms with van der Waals surface area (Å²) in [4.78, 5) is 17.7. The van der Waals surface area contributed by atoms with Crippen molar-refractivity contribution in [1.82, 2.24) is 9.97 Å². The highest BCUT2D eigenvalue weighted by Crippen LogP contribution is 2.19. The zero-order valence-corrected chi connectivity index (χ0v) is 9.24. The number of aromatic amines is 1. The summed E-state index contributed by atoms with van der Waals surface area (Å²) in [7, 11) is 1.42. The first-order valence-electron chi connectivity index (χ1n) is 4.97. The summed E-state index contributed by atoms with van der Waals surface area (Å²) in [5, 5.41) is 0. The van der Waals surface area contributed by atoms with Crippen LogP contribution in [0.15, 0.2) is 11.1 Å². The van der Waals surface area contributed by atoms with E-state index >= 15 is 0 Å². The van der Waals surface area contributed by atoms with Crippen LogP contribution in [-0.2, 0) is 0 Å². The predicted molar refractivity (Wildman–Crippen MR) is 56.4 cm³/mol. The molecular weight excluding hydrogens is 196 g/mol. The number of hydrogen-bond donors (Lipinski definition) is 1. The molecule has 0 spiro atoms. The van der Waals surface area contributed by atoms with Crippen molar-refractivity contribution in [3.63, 3.8) is 0 Å². The monoisotopic (exact) mass is 212 g/mol. The van der Waals surface area contributed by atoms with Crippen molar-refractivity contribution in [3.8, 4) is 11.6 Å². The fourth-order valence-corrected chi connectivity index (χ4v) is 1.29. The number of aromatic nitrogens is 2. The van der Waals surface area contributed by atoms with E-state index in [0.717, 1.165) is 12.8 Å². The van der Waals surface area contributed by atoms with Crippen LogP contribution >= 0.6 is 0 Å². The van der Waals surface area contributed by atoms with E-state index in [1.165, 1.54) is 13.4 Å². The van der Waals surface area contributed by atoms with E-state index in [1.807, 2.05) is 6.92 Å². The molecule has 5 heteroatoms. The molecule has 5 nitrogen and oxygen atoms in total. The second-order valence-corrected chi connectivity index (χ2v) is 3.29. The van der Waals surface area contributed by atoms with E-state index in [4.69, 9.17) is 9.47 Å². The number of nitrogens with one attached hydrogen (secondary N) is 1. The maximum Gasteiger partial charge on any atom is 0.297 e. The summed E-state index contributed by atoms with van der Waals surface area (Å²) in [5.74, 6) is 0.377. The molecule has 0 saturated heterocycles. The van der Waals surface area contributed by atoms with Gasteiger partial charge in [-0.25, -0.2) is 4.98 Å². The second-order valence-electron chi connectivity index (χ2n) is 3.29. The average Bonchev–Trinajstić information content (AvgIpc) is 2.18. The number of hydrogen-bond acceptors (Lipinski definition) is 4. The first-order chi connectivity index (χ1) is 7.19. The Labute approximate surface area is 88.4 Å². The van der Waals surface area contributed by atoms with Crippen molar-refractivity contribution >= 4 is 0 Å². The molecule has 84 valence electrons. The van der Waals surface area contributed by atoms with Crippen LogP contribution in [0.1, 0.15) is 26.7 Å². The summed E-state index contributed by atoms with van der Waals surface area (Å²) < 4.78 is 10.4. The number of rotatable bonds is 5. The highest BCUT2D eigenvalue weighted by atomic mass is 16.5. The van der Waals surface area contributed by atoms with Gasteiger partial charge >= 0.3 is 0 Å². The molecule has 1 atom stereocenters. The van der Waals surface area contributed by atoms with Crippen molar-refractivity contribution < 1.29 is 9.47 Å². The van der Waals surface area contributed by atoms with Crippen LogP contribution < -0.4 is 15.0 Å². The van der Waals surface area contributed by atoms with Gasteiger partial charge in [0, 0.05) is 0 Å². The Hall–Kier alpha value is -1.52. The Bertz CT molecular complexity index is 362. The van der Waals surface area contributed by atoms with Gasteiger partial charge < -0.3 is 14.5 Å². The smallest absolute Gasteiger partial charge is 0.297 e. The lowest BCUT2D eigenvalue weighted by Gasteiger charge is -2.13. The quantitative estimate of drug-likeness (QED) is 0.800. The fourth-order valence-electron chi connectivity index (χ4n) is 1.29. The van der Waals surface area contributed by atoms with Gasteiger partial charge in [0.2, 0.25) is 5.75 Å². The van der Waals surface area contributed by atoms with Crippen LogP contribution in [0.2, 0.25) is 0 Å². The molecule has 15 heavy (non-hydrogen) atoms. The van der Waals surface area contributed by atoms with Crippen molar-refractivity contribution in [2.45, 2.75) is 32.8 Å². The molecule has 0 aliphatic carbocycles. The third-order valence-corrected chi connectivity index (χ3v) is 1.99. The van der Waals surface area contributed by atoms with Gasteiger partial charge in [-0.2, -0.15) is 0 Å². The minimum Gasteiger partial charge on any atom is -0.487 e. The minimum absolute atomic E-state index is 0.0261. The first-order valence-corrected chi connectivity index (χ1v) is 4.97. The molecule has 0 radical (unpaired) electrons. The van der Waals surface area contributed by atoms with Crippen LogP contribution in [0.4, 0.5) is 0 Å². The number of ether oxygens (including phenoxy) is 2. The largest absolute Gasteiger partial charge is 0.487 e. The van der Waals surface area contributed by atoms with E-state index in [9.17, 15) is 4.79 Å². The van der Waals surface area contributed by atoms with Gasteiger partial charge in [-0.3, -0.25) is 4.79 Å². The molecule has 1 aromatic heterocycles. The average molecular weight is 212 g/mol. The Morgan fingerprint density at radius 2 is 2.33 bits per heavy atom. The number of H-pyrrole nitrogens is 1. The molecule has 0 amide bonds. The summed E-state index contributed by atoms with van der Waals surface area (Å²) in [6, 6.07) is 0. The zero-order valence-electron chi connectivity index (χ0n) is 9.24. The Balaban J connectivity index is 2.84. The summed E-state index contributed by atoms with van der Waals surface area (Å²) in [6.45, 7) is 4.01. The molecule has 1 aromatic rings. The van der Waals surface area contributed by atoms with Gasteiger partial charge in [0.25, 0.3) is 11.4 Å². The van der Waals surface area contributed by atoms with Gasteiger partial charge in [-0.15, -0.1) is 0 Å². The molecule has 1 rings (SSSR count). The molecule has 0 aliphatic rings. The van der Waals surface area contributed by atoms with E-state index in [-0.39, 0.29) is 23.3 Å². The second kappa shape index (κ2) is 5.38. The minimum atomic E-state index is -0.328. The van der Waals surface area contributed by atoms with Crippen LogP contribution in [0.5, 0.6) is 11.6 Å². The van der Waals surface area contributed by atoms with Crippen molar-refractivity contribution in [3.05, 3.63) is 16.7 Å². The molecular formula is C10H16N2O3. The molecule has 0 aromatic carbocycles. The molecule has 0 fully saturated rings. The molecule has 1 heterocycles. The lowest BCUT2D eigenvalue weighted by molar-refractivity contribution is 0.191.